The molecule has 2 atom stereocenters. The minimum Gasteiger partial charge on any atom is -0.497 e. The predicted octanol–water partition coefficient (Wildman–Crippen LogP) is 2.03. The summed E-state index contributed by atoms with van der Waals surface area (Å²) in [6.07, 6.45) is 1.95. The lowest BCUT2D eigenvalue weighted by molar-refractivity contribution is -0.120. The van der Waals surface area contributed by atoms with Crippen molar-refractivity contribution in [3.63, 3.8) is 0 Å². The van der Waals surface area contributed by atoms with Gasteiger partial charge in [-0.2, -0.15) is 0 Å². The van der Waals surface area contributed by atoms with E-state index in [-0.39, 0.29) is 11.8 Å². The van der Waals surface area contributed by atoms with Crippen molar-refractivity contribution in [3.05, 3.63) is 18.2 Å². The zero-order valence-electron chi connectivity index (χ0n) is 12.2. The Morgan fingerprint density at radius 1 is 1.20 bits per heavy atom. The van der Waals surface area contributed by atoms with Gasteiger partial charge in [-0.05, 0) is 19.8 Å². The average Bonchev–Trinajstić information content (AvgIpc) is 2.47. The molecule has 0 spiro atoms. The van der Waals surface area contributed by atoms with Crippen LogP contribution in [0.25, 0.3) is 0 Å². The lowest BCUT2D eigenvalue weighted by atomic mass is 9.95. The van der Waals surface area contributed by atoms with Crippen LogP contribution in [0.15, 0.2) is 18.2 Å². The molecule has 1 saturated heterocycles. The maximum absolute atomic E-state index is 12.2. The molecule has 1 amide bonds. The molecule has 110 valence electrons. The van der Waals surface area contributed by atoms with Gasteiger partial charge < -0.3 is 20.1 Å². The molecule has 5 nitrogen and oxygen atoms in total. The van der Waals surface area contributed by atoms with E-state index in [0.29, 0.717) is 23.2 Å². The molecule has 0 radical (unpaired) electrons. The van der Waals surface area contributed by atoms with Crippen molar-refractivity contribution in [1.82, 2.24) is 5.32 Å². The highest BCUT2D eigenvalue weighted by Crippen LogP contribution is 2.26. The molecular weight excluding hydrogens is 256 g/mol. The third-order valence-electron chi connectivity index (χ3n) is 3.65. The van der Waals surface area contributed by atoms with Crippen molar-refractivity contribution in [2.75, 3.05) is 26.1 Å². The summed E-state index contributed by atoms with van der Waals surface area (Å²) < 4.78 is 10.4. The molecule has 1 aliphatic heterocycles. The first-order chi connectivity index (χ1) is 9.62. The maximum atomic E-state index is 12.2. The highest BCUT2D eigenvalue weighted by Gasteiger charge is 2.24. The number of carbonyl (C=O) groups is 1. The highest BCUT2D eigenvalue weighted by atomic mass is 16.5. The summed E-state index contributed by atoms with van der Waals surface area (Å²) in [5.74, 6) is 1.38. The zero-order chi connectivity index (χ0) is 14.5. The Hall–Kier alpha value is -1.75. The van der Waals surface area contributed by atoms with Crippen LogP contribution in [0.5, 0.6) is 11.5 Å². The van der Waals surface area contributed by atoms with Gasteiger partial charge in [0, 0.05) is 36.5 Å². The van der Waals surface area contributed by atoms with E-state index >= 15 is 0 Å². The van der Waals surface area contributed by atoms with E-state index in [2.05, 4.69) is 17.6 Å². The molecule has 1 aromatic carbocycles. The first-order valence-corrected chi connectivity index (χ1v) is 6.89. The van der Waals surface area contributed by atoms with Crippen molar-refractivity contribution in [2.45, 2.75) is 25.8 Å². The summed E-state index contributed by atoms with van der Waals surface area (Å²) in [5, 5.41) is 6.27. The van der Waals surface area contributed by atoms with E-state index in [4.69, 9.17) is 9.47 Å². The Bertz CT molecular complexity index is 446. The molecule has 5 heteroatoms. The van der Waals surface area contributed by atoms with E-state index in [1.54, 1.807) is 32.4 Å². The number of amides is 1. The number of piperidine rings is 1. The van der Waals surface area contributed by atoms with Crippen molar-refractivity contribution >= 4 is 11.6 Å². The predicted molar refractivity (Wildman–Crippen MR) is 78.4 cm³/mol. The van der Waals surface area contributed by atoms with Crippen LogP contribution < -0.4 is 20.1 Å². The number of ether oxygens (including phenoxy) is 2. The fourth-order valence-electron chi connectivity index (χ4n) is 2.35. The molecule has 1 fully saturated rings. The molecular formula is C15H22N2O3. The van der Waals surface area contributed by atoms with Gasteiger partial charge >= 0.3 is 0 Å². The second-order valence-electron chi connectivity index (χ2n) is 5.17. The number of hydrogen-bond donors (Lipinski definition) is 2. The van der Waals surface area contributed by atoms with Gasteiger partial charge in [0.15, 0.2) is 0 Å². The van der Waals surface area contributed by atoms with Crippen LogP contribution in [0.4, 0.5) is 5.69 Å². The second-order valence-corrected chi connectivity index (χ2v) is 5.17. The Labute approximate surface area is 119 Å². The van der Waals surface area contributed by atoms with Gasteiger partial charge in [-0.15, -0.1) is 0 Å². The number of rotatable bonds is 4. The summed E-state index contributed by atoms with van der Waals surface area (Å²) in [7, 11) is 3.18. The summed E-state index contributed by atoms with van der Waals surface area (Å²) in [6.45, 7) is 2.87. The van der Waals surface area contributed by atoms with Crippen molar-refractivity contribution in [3.8, 4) is 11.5 Å². The molecule has 1 heterocycles. The summed E-state index contributed by atoms with van der Waals surface area (Å²) in [5.41, 5.74) is 0.699. The van der Waals surface area contributed by atoms with E-state index in [1.165, 1.54) is 0 Å². The molecule has 0 aliphatic carbocycles. The molecule has 20 heavy (non-hydrogen) atoms. The summed E-state index contributed by atoms with van der Waals surface area (Å²) >= 11 is 0. The van der Waals surface area contributed by atoms with Crippen LogP contribution in [0.1, 0.15) is 19.8 Å². The van der Waals surface area contributed by atoms with Crippen LogP contribution in [-0.2, 0) is 4.79 Å². The number of anilines is 1. The van der Waals surface area contributed by atoms with Crippen LogP contribution in [0.2, 0.25) is 0 Å². The summed E-state index contributed by atoms with van der Waals surface area (Å²) in [4.78, 5) is 12.2. The minimum absolute atomic E-state index is 0.0170. The average molecular weight is 278 g/mol. The Morgan fingerprint density at radius 3 is 2.35 bits per heavy atom. The quantitative estimate of drug-likeness (QED) is 0.884. The molecule has 0 aromatic heterocycles. The van der Waals surface area contributed by atoms with Crippen molar-refractivity contribution in [1.29, 1.82) is 0 Å². The zero-order valence-corrected chi connectivity index (χ0v) is 12.2. The SMILES string of the molecule is COc1cc(NC(=O)C2CCC(C)NC2)cc(OC)c1. The lowest BCUT2D eigenvalue weighted by Gasteiger charge is -2.26. The number of methoxy groups -OCH3 is 2. The Balaban J connectivity index is 2.03. The number of nitrogens with one attached hydrogen (secondary N) is 2. The van der Waals surface area contributed by atoms with Crippen molar-refractivity contribution < 1.29 is 14.3 Å². The summed E-state index contributed by atoms with van der Waals surface area (Å²) in [6, 6.07) is 5.86. The number of carbonyl (C=O) groups excluding carboxylic acids is 1. The van der Waals surface area contributed by atoms with Gasteiger partial charge in [-0.3, -0.25) is 4.79 Å². The molecule has 1 aromatic rings. The van der Waals surface area contributed by atoms with Gasteiger partial charge in [0.05, 0.1) is 20.1 Å². The van der Waals surface area contributed by atoms with Crippen LogP contribution in [-0.4, -0.2) is 32.7 Å². The highest BCUT2D eigenvalue weighted by molar-refractivity contribution is 5.93. The van der Waals surface area contributed by atoms with Crippen LogP contribution in [0.3, 0.4) is 0 Å². The lowest BCUT2D eigenvalue weighted by Crippen LogP contribution is -2.41. The topological polar surface area (TPSA) is 59.6 Å². The fourth-order valence-corrected chi connectivity index (χ4v) is 2.35. The third kappa shape index (κ3) is 3.63. The Morgan fingerprint density at radius 2 is 1.85 bits per heavy atom. The number of hydrogen-bond acceptors (Lipinski definition) is 4. The van der Waals surface area contributed by atoms with E-state index in [0.717, 1.165) is 19.4 Å². The molecule has 2 N–H and O–H groups in total. The molecule has 0 saturated carbocycles. The van der Waals surface area contributed by atoms with E-state index < -0.39 is 0 Å². The molecule has 1 aliphatic rings. The van der Waals surface area contributed by atoms with Gasteiger partial charge in [-0.1, -0.05) is 0 Å². The second kappa shape index (κ2) is 6.61. The monoisotopic (exact) mass is 278 g/mol. The van der Waals surface area contributed by atoms with Gasteiger partial charge in [0.25, 0.3) is 0 Å². The van der Waals surface area contributed by atoms with E-state index in [1.807, 2.05) is 0 Å². The fraction of sp³-hybridized carbons (Fsp3) is 0.533. The largest absolute Gasteiger partial charge is 0.497 e. The first-order valence-electron chi connectivity index (χ1n) is 6.89. The number of benzene rings is 1. The van der Waals surface area contributed by atoms with E-state index in [9.17, 15) is 4.79 Å². The molecule has 2 unspecified atom stereocenters. The Kier molecular flexibility index (Phi) is 4.84. The van der Waals surface area contributed by atoms with Gasteiger partial charge in [-0.25, -0.2) is 0 Å². The molecule has 0 bridgehead atoms. The van der Waals surface area contributed by atoms with Crippen LogP contribution in [0, 0.1) is 5.92 Å². The standard InChI is InChI=1S/C15H22N2O3/c1-10-4-5-11(9-16-10)15(18)17-12-6-13(19-2)8-14(7-12)20-3/h6-8,10-11,16H,4-5,9H2,1-3H3,(H,17,18). The van der Waals surface area contributed by atoms with Gasteiger partial charge in [0.2, 0.25) is 5.91 Å². The van der Waals surface area contributed by atoms with Crippen molar-refractivity contribution in [2.24, 2.45) is 5.92 Å². The third-order valence-corrected chi connectivity index (χ3v) is 3.65. The molecule has 2 rings (SSSR count). The first kappa shape index (κ1) is 14.7. The van der Waals surface area contributed by atoms with Crippen LogP contribution >= 0.6 is 0 Å². The maximum Gasteiger partial charge on any atom is 0.228 e. The normalized spacial score (nSPS) is 22.1. The smallest absolute Gasteiger partial charge is 0.228 e. The van der Waals surface area contributed by atoms with Gasteiger partial charge in [0.1, 0.15) is 11.5 Å². The minimum atomic E-state index is 0.0170.